The van der Waals surface area contributed by atoms with Crippen LogP contribution in [0.25, 0.3) is 16.6 Å². The molecule has 1 atom stereocenters. The Labute approximate surface area is 174 Å². The normalized spacial score (nSPS) is 16.2. The quantitative estimate of drug-likeness (QED) is 0.538. The maximum absolute atomic E-state index is 12.7. The van der Waals surface area contributed by atoms with Crippen molar-refractivity contribution >= 4 is 10.9 Å². The molecule has 152 valence electrons. The van der Waals surface area contributed by atoms with Gasteiger partial charge < -0.3 is 10.1 Å². The van der Waals surface area contributed by atoms with Gasteiger partial charge in [-0.15, -0.1) is 0 Å². The van der Waals surface area contributed by atoms with Gasteiger partial charge in [0, 0.05) is 29.4 Å². The largest absolute Gasteiger partial charge is 0.489 e. The zero-order valence-electron chi connectivity index (χ0n) is 16.7. The van der Waals surface area contributed by atoms with E-state index in [2.05, 4.69) is 10.4 Å². The molecule has 1 aliphatic heterocycles. The number of aromatic nitrogens is 3. The third-order valence-electron chi connectivity index (χ3n) is 5.60. The summed E-state index contributed by atoms with van der Waals surface area (Å²) in [6.07, 6.45) is 6.04. The number of rotatable bonds is 6. The van der Waals surface area contributed by atoms with Crippen molar-refractivity contribution in [3.63, 3.8) is 0 Å². The van der Waals surface area contributed by atoms with Crippen molar-refractivity contribution in [1.82, 2.24) is 19.7 Å². The lowest BCUT2D eigenvalue weighted by molar-refractivity contribution is 0.305. The highest BCUT2D eigenvalue weighted by Crippen LogP contribution is 2.20. The van der Waals surface area contributed by atoms with Crippen LogP contribution in [0.5, 0.6) is 5.75 Å². The molecule has 1 aliphatic rings. The number of ether oxygens (including phenoxy) is 1. The molecule has 1 N–H and O–H groups in total. The van der Waals surface area contributed by atoms with Gasteiger partial charge in [-0.1, -0.05) is 30.3 Å². The van der Waals surface area contributed by atoms with E-state index in [-0.39, 0.29) is 5.56 Å². The Kier molecular flexibility index (Phi) is 5.07. The lowest BCUT2D eigenvalue weighted by Crippen LogP contribution is -2.27. The fraction of sp³-hybridized carbons (Fsp3) is 0.250. The Morgan fingerprint density at radius 2 is 2.00 bits per heavy atom. The van der Waals surface area contributed by atoms with E-state index in [1.165, 1.54) is 18.9 Å². The smallest absolute Gasteiger partial charge is 0.258 e. The number of hydrogen-bond acceptors (Lipinski definition) is 4. The summed E-state index contributed by atoms with van der Waals surface area (Å²) in [6, 6.07) is 19.8. The molecule has 0 radical (unpaired) electrons. The topological polar surface area (TPSA) is 61.1 Å². The third-order valence-corrected chi connectivity index (χ3v) is 5.60. The lowest BCUT2D eigenvalue weighted by Gasteiger charge is -2.12. The van der Waals surface area contributed by atoms with Crippen LogP contribution in [0.4, 0.5) is 0 Å². The first-order chi connectivity index (χ1) is 14.8. The molecular weight excluding hydrogens is 376 g/mol. The van der Waals surface area contributed by atoms with E-state index in [0.717, 1.165) is 35.2 Å². The van der Waals surface area contributed by atoms with Crippen LogP contribution in [0.3, 0.4) is 0 Å². The number of benzene rings is 2. The van der Waals surface area contributed by atoms with E-state index < -0.39 is 0 Å². The van der Waals surface area contributed by atoms with Crippen LogP contribution in [0.2, 0.25) is 0 Å². The maximum atomic E-state index is 12.7. The van der Waals surface area contributed by atoms with E-state index in [4.69, 9.17) is 4.74 Å². The van der Waals surface area contributed by atoms with Crippen LogP contribution < -0.4 is 15.6 Å². The van der Waals surface area contributed by atoms with Gasteiger partial charge in [-0.3, -0.25) is 14.0 Å². The Morgan fingerprint density at radius 3 is 2.80 bits per heavy atom. The molecule has 6 nitrogen and oxygen atoms in total. The number of nitrogens with one attached hydrogen (secondary N) is 1. The average molecular weight is 400 g/mol. The van der Waals surface area contributed by atoms with Gasteiger partial charge >= 0.3 is 0 Å². The fourth-order valence-corrected chi connectivity index (χ4v) is 4.00. The van der Waals surface area contributed by atoms with E-state index >= 15 is 0 Å². The summed E-state index contributed by atoms with van der Waals surface area (Å²) in [6.45, 7) is 2.39. The summed E-state index contributed by atoms with van der Waals surface area (Å²) in [4.78, 5) is 12.7. The molecular formula is C24H24N4O2. The molecule has 0 amide bonds. The van der Waals surface area contributed by atoms with Crippen LogP contribution in [0.1, 0.15) is 18.4 Å². The molecule has 5 rings (SSSR count). The molecule has 3 heterocycles. The Hall–Kier alpha value is -3.38. The molecule has 6 heteroatoms. The fourth-order valence-electron chi connectivity index (χ4n) is 4.00. The molecule has 1 fully saturated rings. The highest BCUT2D eigenvalue weighted by molar-refractivity contribution is 5.81. The number of hydrogen-bond donors (Lipinski definition) is 1. The van der Waals surface area contributed by atoms with Crippen molar-refractivity contribution < 1.29 is 4.74 Å². The second kappa shape index (κ2) is 8.16. The summed E-state index contributed by atoms with van der Waals surface area (Å²) >= 11 is 0. The Bertz CT molecular complexity index is 1210. The van der Waals surface area contributed by atoms with Crippen molar-refractivity contribution in [2.45, 2.75) is 32.0 Å². The molecule has 0 saturated carbocycles. The van der Waals surface area contributed by atoms with Gasteiger partial charge in [-0.25, -0.2) is 0 Å². The van der Waals surface area contributed by atoms with Gasteiger partial charge in [0.05, 0.1) is 18.3 Å². The third kappa shape index (κ3) is 3.86. The molecule has 0 aliphatic carbocycles. The molecule has 0 spiro atoms. The molecule has 2 aromatic heterocycles. The van der Waals surface area contributed by atoms with Crippen LogP contribution in [-0.2, 0) is 13.2 Å². The van der Waals surface area contributed by atoms with Gasteiger partial charge in [0.2, 0.25) is 0 Å². The first kappa shape index (κ1) is 18.6. The van der Waals surface area contributed by atoms with Crippen LogP contribution in [0.15, 0.2) is 77.9 Å². The van der Waals surface area contributed by atoms with E-state index in [9.17, 15) is 4.79 Å². The molecule has 2 aromatic carbocycles. The highest BCUT2D eigenvalue weighted by atomic mass is 16.5. The van der Waals surface area contributed by atoms with Crippen LogP contribution in [-0.4, -0.2) is 26.9 Å². The second-order valence-corrected chi connectivity index (χ2v) is 7.71. The van der Waals surface area contributed by atoms with Crippen LogP contribution >= 0.6 is 0 Å². The van der Waals surface area contributed by atoms with Gasteiger partial charge in [0.25, 0.3) is 5.56 Å². The summed E-state index contributed by atoms with van der Waals surface area (Å²) in [5, 5.41) is 9.09. The SMILES string of the molecule is O=c1cc(OCc2ccccc2)ccn1-c1ccc2c(cnn2C[C@H]2CCCN2)c1. The molecule has 30 heavy (non-hydrogen) atoms. The van der Waals surface area contributed by atoms with Crippen molar-refractivity contribution in [3.8, 4) is 11.4 Å². The zero-order valence-corrected chi connectivity index (χ0v) is 16.7. The van der Waals surface area contributed by atoms with Gasteiger partial charge in [0.15, 0.2) is 0 Å². The van der Waals surface area contributed by atoms with E-state index in [1.54, 1.807) is 10.8 Å². The molecule has 4 aromatic rings. The second-order valence-electron chi connectivity index (χ2n) is 7.71. The van der Waals surface area contributed by atoms with Crippen molar-refractivity contribution in [2.75, 3.05) is 6.54 Å². The van der Waals surface area contributed by atoms with Gasteiger partial charge in [0.1, 0.15) is 12.4 Å². The van der Waals surface area contributed by atoms with Crippen LogP contribution in [0, 0.1) is 0 Å². The monoisotopic (exact) mass is 400 g/mol. The summed E-state index contributed by atoms with van der Waals surface area (Å²) < 4.78 is 9.44. The summed E-state index contributed by atoms with van der Waals surface area (Å²) in [5.41, 5.74) is 2.85. The Balaban J connectivity index is 1.35. The van der Waals surface area contributed by atoms with E-state index in [1.807, 2.05) is 65.5 Å². The van der Waals surface area contributed by atoms with Crippen molar-refractivity contribution in [3.05, 3.63) is 89.0 Å². The van der Waals surface area contributed by atoms with Gasteiger partial charge in [-0.05, 0) is 49.2 Å². The lowest BCUT2D eigenvalue weighted by atomic mass is 10.2. The molecule has 0 unspecified atom stereocenters. The first-order valence-corrected chi connectivity index (χ1v) is 10.3. The number of nitrogens with zero attached hydrogens (tertiary/aromatic N) is 3. The predicted octanol–water partition coefficient (Wildman–Crippen LogP) is 3.52. The van der Waals surface area contributed by atoms with E-state index in [0.29, 0.717) is 18.4 Å². The minimum Gasteiger partial charge on any atom is -0.489 e. The zero-order chi connectivity index (χ0) is 20.3. The minimum absolute atomic E-state index is 0.123. The minimum atomic E-state index is -0.123. The Morgan fingerprint density at radius 1 is 1.10 bits per heavy atom. The average Bonchev–Trinajstić information content (AvgIpc) is 3.43. The number of pyridine rings is 1. The highest BCUT2D eigenvalue weighted by Gasteiger charge is 2.16. The molecule has 1 saturated heterocycles. The van der Waals surface area contributed by atoms with Gasteiger partial charge in [-0.2, -0.15) is 5.10 Å². The standard InChI is InChI=1S/C24H24N4O2/c29-24-14-22(30-17-18-5-2-1-3-6-18)10-12-27(24)21-8-9-23-19(13-21)15-26-28(23)16-20-7-4-11-25-20/h1-3,5-6,8-10,12-15,20,25H,4,7,11,16-17H2/t20-/m1/s1. The van der Waals surface area contributed by atoms with Crippen molar-refractivity contribution in [2.24, 2.45) is 0 Å². The van der Waals surface area contributed by atoms with Crippen molar-refractivity contribution in [1.29, 1.82) is 0 Å². The molecule has 0 bridgehead atoms. The summed E-state index contributed by atoms with van der Waals surface area (Å²) in [7, 11) is 0. The predicted molar refractivity (Wildman–Crippen MR) is 117 cm³/mol. The maximum Gasteiger partial charge on any atom is 0.258 e. The number of fused-ring (bicyclic) bond motifs is 1. The first-order valence-electron chi connectivity index (χ1n) is 10.3. The summed E-state index contributed by atoms with van der Waals surface area (Å²) in [5.74, 6) is 0.568.